The van der Waals surface area contributed by atoms with Gasteiger partial charge in [0.1, 0.15) is 10.4 Å². The fraction of sp³-hybridized carbons (Fsp3) is 0.158. The number of methoxy groups -OCH3 is 3. The number of nitrogens with one attached hydrogen (secondary N) is 1. The van der Waals surface area contributed by atoms with Crippen molar-refractivity contribution in [3.63, 3.8) is 0 Å². The van der Waals surface area contributed by atoms with E-state index in [1.165, 1.54) is 52.0 Å². The second kappa shape index (κ2) is 8.23. The Morgan fingerprint density at radius 1 is 1.17 bits per heavy atom. The highest BCUT2D eigenvalue weighted by atomic mass is 32.2. The topological polar surface area (TPSA) is 117 Å². The lowest BCUT2D eigenvalue weighted by Gasteiger charge is -2.15. The first-order chi connectivity index (χ1) is 13.9. The number of fused-ring (bicyclic) bond motifs is 1. The molecule has 0 aliphatic heterocycles. The van der Waals surface area contributed by atoms with E-state index < -0.39 is 16.0 Å². The monoisotopic (exact) mass is 418 g/mol. The van der Waals surface area contributed by atoms with Crippen LogP contribution in [0.4, 0.5) is 5.69 Å². The fourth-order valence-electron chi connectivity index (χ4n) is 2.65. The van der Waals surface area contributed by atoms with Crippen LogP contribution in [0.2, 0.25) is 0 Å². The zero-order valence-corrected chi connectivity index (χ0v) is 16.6. The normalized spacial score (nSPS) is 11.6. The molecule has 10 heteroatoms. The lowest BCUT2D eigenvalue weighted by Crippen LogP contribution is -2.15. The van der Waals surface area contributed by atoms with Gasteiger partial charge >= 0.3 is 5.97 Å². The Labute approximate surface area is 166 Å². The first-order valence-electron chi connectivity index (χ1n) is 8.26. The maximum absolute atomic E-state index is 13.1. The summed E-state index contributed by atoms with van der Waals surface area (Å²) in [6.45, 7) is 0. The largest absolute Gasteiger partial charge is 0.493 e. The first kappa shape index (κ1) is 20.2. The number of sulfonamides is 1. The van der Waals surface area contributed by atoms with Crippen LogP contribution in [-0.2, 0) is 19.6 Å². The number of para-hydroxylation sites is 1. The molecule has 0 radical (unpaired) electrons. The number of carbonyl (C=O) groups is 1. The third-order valence-electron chi connectivity index (χ3n) is 3.97. The number of aromatic nitrogens is 1. The van der Waals surface area contributed by atoms with Gasteiger partial charge < -0.3 is 18.6 Å². The Kier molecular flexibility index (Phi) is 5.74. The molecule has 0 saturated heterocycles. The predicted octanol–water partition coefficient (Wildman–Crippen LogP) is 2.83. The van der Waals surface area contributed by atoms with Gasteiger partial charge in [-0.25, -0.2) is 18.2 Å². The number of benzene rings is 2. The molecule has 1 aromatic heterocycles. The summed E-state index contributed by atoms with van der Waals surface area (Å²) >= 11 is 0. The molecule has 1 N–H and O–H groups in total. The number of oxazole rings is 1. The van der Waals surface area contributed by atoms with Crippen LogP contribution in [-0.4, -0.2) is 40.7 Å². The van der Waals surface area contributed by atoms with Crippen LogP contribution in [0.3, 0.4) is 0 Å². The molecule has 1 heterocycles. The van der Waals surface area contributed by atoms with Crippen molar-refractivity contribution in [3.8, 4) is 11.5 Å². The van der Waals surface area contributed by atoms with Gasteiger partial charge in [-0.15, -0.1) is 0 Å². The zero-order chi connectivity index (χ0) is 21.0. The molecule has 152 valence electrons. The summed E-state index contributed by atoms with van der Waals surface area (Å²) in [4.78, 5) is 15.2. The van der Waals surface area contributed by atoms with Crippen LogP contribution in [0.15, 0.2) is 52.1 Å². The first-order valence-corrected chi connectivity index (χ1v) is 9.75. The van der Waals surface area contributed by atoms with E-state index in [1.807, 2.05) is 0 Å². The number of rotatable bonds is 7. The minimum atomic E-state index is -4.11. The van der Waals surface area contributed by atoms with Crippen LogP contribution in [0.1, 0.15) is 5.56 Å². The standard InChI is InChI=1S/C19H18N2O7S/c1-25-15-9-12(7-8-17(22)26-2)10-16(19(15)27-3)29(23,24)21-13-5-4-6-14-18(13)20-11-28-14/h4-11,21H,1-3H3/b8-7+. The summed E-state index contributed by atoms with van der Waals surface area (Å²) < 4.78 is 49.1. The molecule has 29 heavy (non-hydrogen) atoms. The minimum absolute atomic E-state index is 0.0162. The predicted molar refractivity (Wildman–Crippen MR) is 105 cm³/mol. The maximum Gasteiger partial charge on any atom is 0.330 e. The van der Waals surface area contributed by atoms with E-state index in [0.717, 1.165) is 0 Å². The van der Waals surface area contributed by atoms with E-state index in [2.05, 4.69) is 14.4 Å². The molecular weight excluding hydrogens is 400 g/mol. The van der Waals surface area contributed by atoms with Crippen molar-refractivity contribution in [3.05, 3.63) is 48.4 Å². The second-order valence-electron chi connectivity index (χ2n) is 5.72. The van der Waals surface area contributed by atoms with Crippen molar-refractivity contribution in [1.29, 1.82) is 0 Å². The molecule has 0 unspecified atom stereocenters. The molecule has 0 spiro atoms. The van der Waals surface area contributed by atoms with E-state index in [4.69, 9.17) is 13.9 Å². The Morgan fingerprint density at radius 2 is 1.97 bits per heavy atom. The summed E-state index contributed by atoms with van der Waals surface area (Å²) in [6, 6.07) is 7.76. The summed E-state index contributed by atoms with van der Waals surface area (Å²) in [7, 11) is -0.157. The molecule has 3 rings (SSSR count). The lowest BCUT2D eigenvalue weighted by atomic mass is 10.2. The molecule has 0 atom stereocenters. The zero-order valence-electron chi connectivity index (χ0n) is 15.8. The second-order valence-corrected chi connectivity index (χ2v) is 7.37. The lowest BCUT2D eigenvalue weighted by molar-refractivity contribution is -0.134. The van der Waals surface area contributed by atoms with Gasteiger partial charge in [0.25, 0.3) is 10.0 Å². The van der Waals surface area contributed by atoms with Crippen molar-refractivity contribution in [2.24, 2.45) is 0 Å². The van der Waals surface area contributed by atoms with Gasteiger partial charge in [0.2, 0.25) is 0 Å². The number of hydrogen-bond donors (Lipinski definition) is 1. The highest BCUT2D eigenvalue weighted by Gasteiger charge is 2.25. The molecule has 0 aliphatic rings. The van der Waals surface area contributed by atoms with Crippen LogP contribution < -0.4 is 14.2 Å². The SMILES string of the molecule is COC(=O)/C=C/c1cc(OC)c(OC)c(S(=O)(=O)Nc2cccc3ocnc23)c1. The molecule has 0 saturated carbocycles. The van der Waals surface area contributed by atoms with Crippen molar-refractivity contribution in [1.82, 2.24) is 4.98 Å². The summed E-state index contributed by atoms with van der Waals surface area (Å²) in [5.41, 5.74) is 1.44. The number of nitrogens with zero attached hydrogens (tertiary/aromatic N) is 1. The van der Waals surface area contributed by atoms with E-state index in [1.54, 1.807) is 18.2 Å². The third kappa shape index (κ3) is 4.16. The minimum Gasteiger partial charge on any atom is -0.493 e. The molecule has 9 nitrogen and oxygen atoms in total. The van der Waals surface area contributed by atoms with Crippen molar-refractivity contribution in [2.45, 2.75) is 4.90 Å². The highest BCUT2D eigenvalue weighted by molar-refractivity contribution is 7.92. The summed E-state index contributed by atoms with van der Waals surface area (Å²) in [5, 5.41) is 0. The van der Waals surface area contributed by atoms with Crippen molar-refractivity contribution < 1.29 is 31.8 Å². The molecular formula is C19H18N2O7S. The van der Waals surface area contributed by atoms with Gasteiger partial charge in [-0.1, -0.05) is 6.07 Å². The molecule has 0 amide bonds. The summed E-state index contributed by atoms with van der Waals surface area (Å²) in [5.74, 6) is -0.387. The summed E-state index contributed by atoms with van der Waals surface area (Å²) in [6.07, 6.45) is 3.80. The Morgan fingerprint density at radius 3 is 2.66 bits per heavy atom. The third-order valence-corrected chi connectivity index (χ3v) is 5.35. The number of esters is 1. The van der Waals surface area contributed by atoms with Gasteiger partial charge in [0.05, 0.1) is 27.0 Å². The quantitative estimate of drug-likeness (QED) is 0.460. The molecule has 0 bridgehead atoms. The Bertz CT molecular complexity index is 1180. The Hall–Kier alpha value is -3.53. The van der Waals surface area contributed by atoms with Gasteiger partial charge in [0, 0.05) is 6.08 Å². The van der Waals surface area contributed by atoms with Gasteiger partial charge in [-0.3, -0.25) is 4.72 Å². The fourth-order valence-corrected chi connectivity index (χ4v) is 3.93. The van der Waals surface area contributed by atoms with Crippen molar-refractivity contribution in [2.75, 3.05) is 26.1 Å². The molecule has 2 aromatic carbocycles. The van der Waals surface area contributed by atoms with E-state index >= 15 is 0 Å². The van der Waals surface area contributed by atoms with Crippen LogP contribution >= 0.6 is 0 Å². The maximum atomic E-state index is 13.1. The van der Waals surface area contributed by atoms with Crippen LogP contribution in [0.5, 0.6) is 11.5 Å². The average molecular weight is 418 g/mol. The number of carbonyl (C=O) groups excluding carboxylic acids is 1. The molecule has 3 aromatic rings. The molecule has 0 aliphatic carbocycles. The van der Waals surface area contributed by atoms with Crippen molar-refractivity contribution >= 4 is 38.9 Å². The molecule has 0 fully saturated rings. The van der Waals surface area contributed by atoms with E-state index in [9.17, 15) is 13.2 Å². The van der Waals surface area contributed by atoms with Gasteiger partial charge in [-0.05, 0) is 35.9 Å². The number of hydrogen-bond acceptors (Lipinski definition) is 8. The van der Waals surface area contributed by atoms with E-state index in [0.29, 0.717) is 16.7 Å². The van der Waals surface area contributed by atoms with Crippen LogP contribution in [0.25, 0.3) is 17.2 Å². The number of anilines is 1. The van der Waals surface area contributed by atoms with Gasteiger partial charge in [-0.2, -0.15) is 0 Å². The smallest absolute Gasteiger partial charge is 0.330 e. The highest BCUT2D eigenvalue weighted by Crippen LogP contribution is 2.37. The van der Waals surface area contributed by atoms with E-state index in [-0.39, 0.29) is 22.1 Å². The number of ether oxygens (including phenoxy) is 3. The average Bonchev–Trinajstić information content (AvgIpc) is 3.20. The van der Waals surface area contributed by atoms with Crippen LogP contribution in [0, 0.1) is 0 Å². The van der Waals surface area contributed by atoms with Gasteiger partial charge in [0.15, 0.2) is 23.5 Å². The Balaban J connectivity index is 2.10.